The molecule has 142 valence electrons. The molecule has 1 aliphatic heterocycles. The maximum absolute atomic E-state index is 12.3. The predicted octanol–water partition coefficient (Wildman–Crippen LogP) is 1.82. The molecular weight excluding hydrogens is 358 g/mol. The van der Waals surface area contributed by atoms with Crippen molar-refractivity contribution in [1.29, 1.82) is 0 Å². The average Bonchev–Trinajstić information content (AvgIpc) is 2.62. The number of carboxylic acid groups (broad SMARTS) is 1. The van der Waals surface area contributed by atoms with Crippen molar-refractivity contribution < 1.29 is 23.1 Å². The van der Waals surface area contributed by atoms with Gasteiger partial charge in [-0.2, -0.15) is 4.31 Å². The molecule has 9 heteroatoms. The maximum atomic E-state index is 12.3. The van der Waals surface area contributed by atoms with Crippen LogP contribution in [0.4, 0.5) is 10.5 Å². The molecule has 0 radical (unpaired) electrons. The molecule has 0 bridgehead atoms. The second kappa shape index (κ2) is 8.33. The molecule has 0 aromatic heterocycles. The first-order chi connectivity index (χ1) is 12.3. The Kier molecular flexibility index (Phi) is 6.38. The maximum Gasteiger partial charge on any atom is 0.321 e. The lowest BCUT2D eigenvalue weighted by Gasteiger charge is -2.30. The number of amides is 2. The highest BCUT2D eigenvalue weighted by Gasteiger charge is 2.28. The fourth-order valence-electron chi connectivity index (χ4n) is 2.74. The summed E-state index contributed by atoms with van der Waals surface area (Å²) >= 11 is 0. The van der Waals surface area contributed by atoms with Crippen LogP contribution >= 0.6 is 0 Å². The van der Waals surface area contributed by atoms with Gasteiger partial charge in [-0.1, -0.05) is 6.08 Å². The standard InChI is InChI=1S/C17H23N3O5S/c1-3-10-19(2)26(24,25)15-8-6-14(7-9-15)18-17(23)20-11-4-5-13(12-20)16(21)22/h3,6-9,13H,1,4-5,10-12H2,2H3,(H,18,23)(H,21,22). The molecule has 26 heavy (non-hydrogen) atoms. The lowest BCUT2D eigenvalue weighted by atomic mass is 9.99. The zero-order chi connectivity index (χ0) is 19.3. The quantitative estimate of drug-likeness (QED) is 0.731. The van der Waals surface area contributed by atoms with E-state index in [9.17, 15) is 18.0 Å². The summed E-state index contributed by atoms with van der Waals surface area (Å²) in [6.07, 6.45) is 2.69. The minimum atomic E-state index is -3.61. The van der Waals surface area contributed by atoms with Gasteiger partial charge in [-0.05, 0) is 37.1 Å². The van der Waals surface area contributed by atoms with Gasteiger partial charge in [-0.3, -0.25) is 4.79 Å². The lowest BCUT2D eigenvalue weighted by Crippen LogP contribution is -2.44. The Hall–Kier alpha value is -2.39. The molecule has 0 spiro atoms. The van der Waals surface area contributed by atoms with Gasteiger partial charge in [-0.25, -0.2) is 13.2 Å². The highest BCUT2D eigenvalue weighted by Crippen LogP contribution is 2.20. The van der Waals surface area contributed by atoms with Gasteiger partial charge in [0, 0.05) is 32.4 Å². The summed E-state index contributed by atoms with van der Waals surface area (Å²) < 4.78 is 25.8. The molecular formula is C17H23N3O5S. The van der Waals surface area contributed by atoms with E-state index in [1.807, 2.05) is 0 Å². The van der Waals surface area contributed by atoms with E-state index in [1.54, 1.807) is 0 Å². The summed E-state index contributed by atoms with van der Waals surface area (Å²) in [5.74, 6) is -1.46. The van der Waals surface area contributed by atoms with E-state index in [1.165, 1.54) is 46.6 Å². The molecule has 0 aliphatic carbocycles. The van der Waals surface area contributed by atoms with Gasteiger partial charge in [0.25, 0.3) is 0 Å². The van der Waals surface area contributed by atoms with Gasteiger partial charge in [0.1, 0.15) is 0 Å². The third kappa shape index (κ3) is 4.61. The molecule has 0 saturated carbocycles. The van der Waals surface area contributed by atoms with Crippen LogP contribution in [0.25, 0.3) is 0 Å². The number of likely N-dealkylation sites (N-methyl/N-ethyl adjacent to an activating group) is 1. The molecule has 1 saturated heterocycles. The van der Waals surface area contributed by atoms with E-state index in [0.29, 0.717) is 25.1 Å². The average molecular weight is 381 g/mol. The molecule has 1 fully saturated rings. The van der Waals surface area contributed by atoms with Gasteiger partial charge in [-0.15, -0.1) is 6.58 Å². The van der Waals surface area contributed by atoms with Gasteiger partial charge in [0.2, 0.25) is 10.0 Å². The molecule has 2 N–H and O–H groups in total. The number of carbonyl (C=O) groups excluding carboxylic acids is 1. The third-order valence-electron chi connectivity index (χ3n) is 4.26. The summed E-state index contributed by atoms with van der Waals surface area (Å²) in [7, 11) is -2.15. The van der Waals surface area contributed by atoms with Crippen molar-refractivity contribution in [2.24, 2.45) is 5.92 Å². The van der Waals surface area contributed by atoms with Gasteiger partial charge >= 0.3 is 12.0 Å². The summed E-state index contributed by atoms with van der Waals surface area (Å²) in [5.41, 5.74) is 0.442. The first kappa shape index (κ1) is 19.9. The molecule has 1 aromatic rings. The highest BCUT2D eigenvalue weighted by molar-refractivity contribution is 7.89. The second-order valence-corrected chi connectivity index (χ2v) is 8.20. The Morgan fingerprint density at radius 3 is 2.62 bits per heavy atom. The van der Waals surface area contributed by atoms with Crippen molar-refractivity contribution in [3.8, 4) is 0 Å². The zero-order valence-electron chi connectivity index (χ0n) is 14.6. The monoisotopic (exact) mass is 381 g/mol. The Bertz CT molecular complexity index is 776. The van der Waals surface area contributed by atoms with Crippen LogP contribution in [-0.4, -0.2) is 61.4 Å². The molecule has 1 unspecified atom stereocenters. The van der Waals surface area contributed by atoms with Crippen molar-refractivity contribution in [3.63, 3.8) is 0 Å². The lowest BCUT2D eigenvalue weighted by molar-refractivity contribution is -0.143. The number of hydrogen-bond donors (Lipinski definition) is 2. The van der Waals surface area contributed by atoms with Gasteiger partial charge < -0.3 is 15.3 Å². The molecule has 2 amide bonds. The van der Waals surface area contributed by atoms with Crippen LogP contribution in [0.5, 0.6) is 0 Å². The number of anilines is 1. The fraction of sp³-hybridized carbons (Fsp3) is 0.412. The van der Waals surface area contributed by atoms with Crippen LogP contribution < -0.4 is 5.32 Å². The van der Waals surface area contributed by atoms with Gasteiger partial charge in [0.15, 0.2) is 0 Å². The normalized spacial score (nSPS) is 17.8. The minimum Gasteiger partial charge on any atom is -0.481 e. The number of benzene rings is 1. The summed E-state index contributed by atoms with van der Waals surface area (Å²) in [5, 5.41) is 11.8. The van der Waals surface area contributed by atoms with Crippen molar-refractivity contribution >= 4 is 27.7 Å². The first-order valence-electron chi connectivity index (χ1n) is 8.21. The van der Waals surface area contributed by atoms with E-state index in [-0.39, 0.29) is 18.0 Å². The number of hydrogen-bond acceptors (Lipinski definition) is 4. The van der Waals surface area contributed by atoms with E-state index in [4.69, 9.17) is 5.11 Å². The number of rotatable bonds is 6. The van der Waals surface area contributed by atoms with E-state index < -0.39 is 27.9 Å². The molecule has 1 atom stereocenters. The Balaban J connectivity index is 2.04. The zero-order valence-corrected chi connectivity index (χ0v) is 15.4. The molecule has 1 aromatic carbocycles. The Morgan fingerprint density at radius 2 is 2.04 bits per heavy atom. The van der Waals surface area contributed by atoms with Crippen LogP contribution in [0.15, 0.2) is 41.8 Å². The predicted molar refractivity (Wildman–Crippen MR) is 97.4 cm³/mol. The summed E-state index contributed by atoms with van der Waals surface area (Å²) in [6.45, 7) is 4.38. The molecule has 8 nitrogen and oxygen atoms in total. The first-order valence-corrected chi connectivity index (χ1v) is 9.65. The van der Waals surface area contributed by atoms with E-state index in [0.717, 1.165) is 0 Å². The minimum absolute atomic E-state index is 0.115. The number of nitrogens with one attached hydrogen (secondary N) is 1. The van der Waals surface area contributed by atoms with Crippen molar-refractivity contribution in [2.45, 2.75) is 17.7 Å². The van der Waals surface area contributed by atoms with Crippen molar-refractivity contribution in [1.82, 2.24) is 9.21 Å². The van der Waals surface area contributed by atoms with Crippen LogP contribution in [0.1, 0.15) is 12.8 Å². The van der Waals surface area contributed by atoms with E-state index in [2.05, 4.69) is 11.9 Å². The highest BCUT2D eigenvalue weighted by atomic mass is 32.2. The third-order valence-corrected chi connectivity index (χ3v) is 6.10. The number of nitrogens with zero attached hydrogens (tertiary/aromatic N) is 2. The topological polar surface area (TPSA) is 107 Å². The van der Waals surface area contributed by atoms with Crippen LogP contribution in [-0.2, 0) is 14.8 Å². The largest absolute Gasteiger partial charge is 0.481 e. The number of aliphatic carboxylic acids is 1. The molecule has 1 aliphatic rings. The van der Waals surface area contributed by atoms with Crippen molar-refractivity contribution in [3.05, 3.63) is 36.9 Å². The number of sulfonamides is 1. The summed E-state index contributed by atoms with van der Waals surface area (Å²) in [6, 6.07) is 5.45. The Labute approximate surface area is 153 Å². The fourth-order valence-corrected chi connectivity index (χ4v) is 3.88. The van der Waals surface area contributed by atoms with E-state index >= 15 is 0 Å². The van der Waals surface area contributed by atoms with Gasteiger partial charge in [0.05, 0.1) is 10.8 Å². The number of carboxylic acids is 1. The molecule has 1 heterocycles. The van der Waals surface area contributed by atoms with Crippen LogP contribution in [0.2, 0.25) is 0 Å². The SMILES string of the molecule is C=CCN(C)S(=O)(=O)c1ccc(NC(=O)N2CCCC(C(=O)O)C2)cc1. The number of urea groups is 1. The van der Waals surface area contributed by atoms with Crippen LogP contribution in [0, 0.1) is 5.92 Å². The molecule has 2 rings (SSSR count). The second-order valence-electron chi connectivity index (χ2n) is 6.15. The number of likely N-dealkylation sites (tertiary alicyclic amines) is 1. The smallest absolute Gasteiger partial charge is 0.321 e. The number of piperidine rings is 1. The summed E-state index contributed by atoms with van der Waals surface area (Å²) in [4.78, 5) is 25.0. The van der Waals surface area contributed by atoms with Crippen LogP contribution in [0.3, 0.4) is 0 Å². The number of carbonyl (C=O) groups is 2. The Morgan fingerprint density at radius 1 is 1.38 bits per heavy atom. The van der Waals surface area contributed by atoms with Crippen molar-refractivity contribution in [2.75, 3.05) is 32.0 Å².